The molecule has 0 N–H and O–H groups in total. The lowest BCUT2D eigenvalue weighted by Crippen LogP contribution is -2.04. The van der Waals surface area contributed by atoms with Gasteiger partial charge in [-0.25, -0.2) is 0 Å². The lowest BCUT2D eigenvalue weighted by Gasteiger charge is -2.11. The first-order chi connectivity index (χ1) is 9.06. The molecular weight excluding hydrogens is 368 g/mol. The summed E-state index contributed by atoms with van der Waals surface area (Å²) in [6.45, 7) is 5.02. The summed E-state index contributed by atoms with van der Waals surface area (Å²) in [7, 11) is 0. The van der Waals surface area contributed by atoms with Gasteiger partial charge in [0.2, 0.25) is 0 Å². The third kappa shape index (κ3) is 4.08. The Labute approximate surface area is 131 Å². The van der Waals surface area contributed by atoms with Gasteiger partial charge in [0.15, 0.2) is 0 Å². The minimum atomic E-state index is 0.526. The molecule has 1 nitrogen and oxygen atoms in total. The van der Waals surface area contributed by atoms with Crippen LogP contribution in [-0.2, 0) is 0 Å². The molecular formula is C16H16Br2O. The Morgan fingerprint density at radius 1 is 0.947 bits per heavy atom. The number of halogens is 2. The first kappa shape index (κ1) is 14.6. The summed E-state index contributed by atoms with van der Waals surface area (Å²) in [5.74, 6) is 1.42. The van der Waals surface area contributed by atoms with Crippen LogP contribution in [0, 0.1) is 5.92 Å². The first-order valence-corrected chi connectivity index (χ1v) is 7.83. The number of hydrogen-bond acceptors (Lipinski definition) is 1. The average molecular weight is 384 g/mol. The number of ether oxygens (including phenoxy) is 1. The van der Waals surface area contributed by atoms with Crippen molar-refractivity contribution in [1.82, 2.24) is 0 Å². The molecule has 2 aromatic rings. The maximum Gasteiger partial charge on any atom is 0.133 e. The molecule has 0 aliphatic rings. The fourth-order valence-corrected chi connectivity index (χ4v) is 2.45. The molecule has 0 fully saturated rings. The molecule has 0 saturated carbocycles. The van der Waals surface area contributed by atoms with Crippen LogP contribution in [-0.4, -0.2) is 6.61 Å². The molecule has 2 aromatic carbocycles. The standard InChI is InChI=1S/C16H16Br2O/c1-11(2)10-19-16-8-5-13(9-15(16)18)12-3-6-14(17)7-4-12/h3-9,11H,10H2,1-2H3. The highest BCUT2D eigenvalue weighted by Crippen LogP contribution is 2.31. The van der Waals surface area contributed by atoms with Crippen LogP contribution in [0.1, 0.15) is 13.8 Å². The molecule has 3 heteroatoms. The van der Waals surface area contributed by atoms with Gasteiger partial charge in [-0.3, -0.25) is 0 Å². The molecule has 0 aromatic heterocycles. The van der Waals surface area contributed by atoms with Gasteiger partial charge in [-0.1, -0.05) is 48.0 Å². The highest BCUT2D eigenvalue weighted by molar-refractivity contribution is 9.10. The molecule has 19 heavy (non-hydrogen) atoms. The summed E-state index contributed by atoms with van der Waals surface area (Å²) in [4.78, 5) is 0. The van der Waals surface area contributed by atoms with Crippen molar-refractivity contribution in [2.45, 2.75) is 13.8 Å². The molecule has 0 aliphatic heterocycles. The van der Waals surface area contributed by atoms with E-state index in [0.29, 0.717) is 5.92 Å². The summed E-state index contributed by atoms with van der Waals surface area (Å²) in [5, 5.41) is 0. The SMILES string of the molecule is CC(C)COc1ccc(-c2ccc(Br)cc2)cc1Br. The van der Waals surface area contributed by atoms with Crippen LogP contribution in [0.3, 0.4) is 0 Å². The van der Waals surface area contributed by atoms with Crippen molar-refractivity contribution in [3.05, 3.63) is 51.4 Å². The third-order valence-electron chi connectivity index (χ3n) is 2.68. The van der Waals surface area contributed by atoms with E-state index < -0.39 is 0 Å². The van der Waals surface area contributed by atoms with E-state index in [2.05, 4.69) is 70.0 Å². The van der Waals surface area contributed by atoms with Gasteiger partial charge in [0.05, 0.1) is 11.1 Å². The molecule has 0 atom stereocenters. The third-order valence-corrected chi connectivity index (χ3v) is 3.83. The number of hydrogen-bond donors (Lipinski definition) is 0. The number of rotatable bonds is 4. The molecule has 0 saturated heterocycles. The highest BCUT2D eigenvalue weighted by Gasteiger charge is 2.05. The molecule has 0 bridgehead atoms. The summed E-state index contributed by atoms with van der Waals surface area (Å²) in [5.41, 5.74) is 2.37. The van der Waals surface area contributed by atoms with Crippen LogP contribution in [0.15, 0.2) is 51.4 Å². The van der Waals surface area contributed by atoms with Crippen molar-refractivity contribution < 1.29 is 4.74 Å². The molecule has 0 radical (unpaired) electrons. The first-order valence-electron chi connectivity index (χ1n) is 6.24. The van der Waals surface area contributed by atoms with Crippen LogP contribution in [0.4, 0.5) is 0 Å². The van der Waals surface area contributed by atoms with Crippen LogP contribution in [0.25, 0.3) is 11.1 Å². The van der Waals surface area contributed by atoms with E-state index >= 15 is 0 Å². The van der Waals surface area contributed by atoms with Crippen molar-refractivity contribution in [1.29, 1.82) is 0 Å². The Bertz CT molecular complexity index is 547. The molecule has 0 unspecified atom stereocenters. The minimum Gasteiger partial charge on any atom is -0.492 e. The Hall–Kier alpha value is -0.800. The second-order valence-corrected chi connectivity index (χ2v) is 6.63. The van der Waals surface area contributed by atoms with Crippen LogP contribution in [0.2, 0.25) is 0 Å². The van der Waals surface area contributed by atoms with Crippen molar-refractivity contribution in [3.63, 3.8) is 0 Å². The maximum absolute atomic E-state index is 5.75. The van der Waals surface area contributed by atoms with Crippen molar-refractivity contribution in [2.75, 3.05) is 6.61 Å². The van der Waals surface area contributed by atoms with Crippen molar-refractivity contribution in [3.8, 4) is 16.9 Å². The predicted octanol–water partition coefficient (Wildman–Crippen LogP) is 5.91. The monoisotopic (exact) mass is 382 g/mol. The maximum atomic E-state index is 5.75. The van der Waals surface area contributed by atoms with E-state index in [1.807, 2.05) is 18.2 Å². The zero-order valence-corrected chi connectivity index (χ0v) is 14.2. The molecule has 0 amide bonds. The topological polar surface area (TPSA) is 9.23 Å². The second-order valence-electron chi connectivity index (χ2n) is 4.86. The molecule has 0 spiro atoms. The van der Waals surface area contributed by atoms with E-state index in [1.54, 1.807) is 0 Å². The highest BCUT2D eigenvalue weighted by atomic mass is 79.9. The normalized spacial score (nSPS) is 10.8. The fraction of sp³-hybridized carbons (Fsp3) is 0.250. The summed E-state index contributed by atoms with van der Waals surface area (Å²) >= 11 is 7.02. The van der Waals surface area contributed by atoms with Gasteiger partial charge >= 0.3 is 0 Å². The van der Waals surface area contributed by atoms with Gasteiger partial charge < -0.3 is 4.74 Å². The van der Waals surface area contributed by atoms with Crippen LogP contribution < -0.4 is 4.74 Å². The number of benzene rings is 2. The van der Waals surface area contributed by atoms with E-state index in [1.165, 1.54) is 11.1 Å². The van der Waals surface area contributed by atoms with Gasteiger partial charge in [-0.2, -0.15) is 0 Å². The summed E-state index contributed by atoms with van der Waals surface area (Å²) in [6.07, 6.45) is 0. The van der Waals surface area contributed by atoms with Crippen LogP contribution >= 0.6 is 31.9 Å². The molecule has 0 heterocycles. The van der Waals surface area contributed by atoms with Crippen LogP contribution in [0.5, 0.6) is 5.75 Å². The van der Waals surface area contributed by atoms with Gasteiger partial charge in [0.25, 0.3) is 0 Å². The van der Waals surface area contributed by atoms with E-state index in [4.69, 9.17) is 4.74 Å². The van der Waals surface area contributed by atoms with Gasteiger partial charge in [0, 0.05) is 4.47 Å². The Kier molecular flexibility index (Phi) is 5.06. The van der Waals surface area contributed by atoms with Gasteiger partial charge in [0.1, 0.15) is 5.75 Å². The smallest absolute Gasteiger partial charge is 0.133 e. The lowest BCUT2D eigenvalue weighted by molar-refractivity contribution is 0.269. The zero-order chi connectivity index (χ0) is 13.8. The Morgan fingerprint density at radius 2 is 1.58 bits per heavy atom. The van der Waals surface area contributed by atoms with E-state index in [0.717, 1.165) is 21.3 Å². The molecule has 0 aliphatic carbocycles. The fourth-order valence-electron chi connectivity index (χ4n) is 1.70. The van der Waals surface area contributed by atoms with E-state index in [9.17, 15) is 0 Å². The molecule has 2 rings (SSSR count). The minimum absolute atomic E-state index is 0.526. The lowest BCUT2D eigenvalue weighted by atomic mass is 10.1. The largest absolute Gasteiger partial charge is 0.492 e. The Balaban J connectivity index is 2.21. The van der Waals surface area contributed by atoms with Crippen molar-refractivity contribution >= 4 is 31.9 Å². The summed E-state index contributed by atoms with van der Waals surface area (Å²) < 4.78 is 7.84. The second kappa shape index (κ2) is 6.58. The summed E-state index contributed by atoms with van der Waals surface area (Å²) in [6, 6.07) is 14.5. The van der Waals surface area contributed by atoms with Gasteiger partial charge in [-0.15, -0.1) is 0 Å². The quantitative estimate of drug-likeness (QED) is 0.637. The van der Waals surface area contributed by atoms with Crippen molar-refractivity contribution in [2.24, 2.45) is 5.92 Å². The average Bonchev–Trinajstić information content (AvgIpc) is 2.38. The van der Waals surface area contributed by atoms with Gasteiger partial charge in [-0.05, 0) is 57.2 Å². The van der Waals surface area contributed by atoms with E-state index in [-0.39, 0.29) is 0 Å². The molecule has 100 valence electrons. The predicted molar refractivity (Wildman–Crippen MR) is 87.6 cm³/mol. The Morgan fingerprint density at radius 3 is 2.16 bits per heavy atom. The zero-order valence-electron chi connectivity index (χ0n) is 11.0.